The van der Waals surface area contributed by atoms with Gasteiger partial charge in [0.1, 0.15) is 11.7 Å². The van der Waals surface area contributed by atoms with Gasteiger partial charge in [0.25, 0.3) is 5.56 Å². The Labute approximate surface area is 176 Å². The van der Waals surface area contributed by atoms with E-state index in [1.165, 1.54) is 6.42 Å². The Hall–Kier alpha value is -3.14. The number of benzene rings is 1. The van der Waals surface area contributed by atoms with Crippen molar-refractivity contribution in [2.24, 2.45) is 5.92 Å². The highest BCUT2D eigenvalue weighted by Gasteiger charge is 2.40. The molecule has 1 aromatic carbocycles. The molecule has 1 amide bonds. The van der Waals surface area contributed by atoms with Crippen LogP contribution < -0.4 is 15.8 Å². The van der Waals surface area contributed by atoms with E-state index in [1.54, 1.807) is 0 Å². The maximum Gasteiger partial charge on any atom is 0.258 e. The third kappa shape index (κ3) is 3.47. The van der Waals surface area contributed by atoms with E-state index in [0.717, 1.165) is 43.4 Å². The molecule has 7 nitrogen and oxygen atoms in total. The lowest BCUT2D eigenvalue weighted by molar-refractivity contribution is -0.119. The molecule has 156 valence electrons. The van der Waals surface area contributed by atoms with Gasteiger partial charge in [0.15, 0.2) is 0 Å². The second kappa shape index (κ2) is 8.31. The number of fused-ring (bicyclic) bond motifs is 1. The molecule has 2 aliphatic rings. The number of H-pyrrole nitrogens is 1. The number of aryl methyl sites for hydroxylation is 1. The van der Waals surface area contributed by atoms with Crippen LogP contribution in [0.5, 0.6) is 0 Å². The van der Waals surface area contributed by atoms with E-state index < -0.39 is 17.7 Å². The van der Waals surface area contributed by atoms with E-state index in [-0.39, 0.29) is 11.4 Å². The lowest BCUT2D eigenvalue weighted by Crippen LogP contribution is -2.43. The summed E-state index contributed by atoms with van der Waals surface area (Å²) in [6.07, 6.45) is 5.14. The fraction of sp³-hybridized carbons (Fsp3) is 0.478. The maximum atomic E-state index is 13.2. The number of anilines is 2. The lowest BCUT2D eigenvalue weighted by Gasteiger charge is -2.36. The fourth-order valence-corrected chi connectivity index (χ4v) is 4.66. The number of nitrogens with one attached hydrogen (secondary N) is 2. The minimum atomic E-state index is -0.975. The van der Waals surface area contributed by atoms with Gasteiger partial charge in [-0.2, -0.15) is 10.2 Å². The monoisotopic (exact) mass is 405 g/mol. The zero-order valence-electron chi connectivity index (χ0n) is 17.4. The quantitative estimate of drug-likeness (QED) is 0.812. The van der Waals surface area contributed by atoms with Crippen molar-refractivity contribution in [3.63, 3.8) is 0 Å². The van der Waals surface area contributed by atoms with Crippen molar-refractivity contribution in [1.82, 2.24) is 9.97 Å². The third-order valence-electron chi connectivity index (χ3n) is 6.37. The number of hydrogen-bond acceptors (Lipinski definition) is 5. The van der Waals surface area contributed by atoms with Gasteiger partial charge in [0.2, 0.25) is 11.9 Å². The van der Waals surface area contributed by atoms with Gasteiger partial charge in [-0.1, -0.05) is 38.1 Å². The maximum absolute atomic E-state index is 13.2. The summed E-state index contributed by atoms with van der Waals surface area (Å²) in [6.45, 7) is 5.03. The van der Waals surface area contributed by atoms with Crippen molar-refractivity contribution in [3.05, 3.63) is 51.3 Å². The number of hydrogen-bond donors (Lipinski definition) is 2. The molecule has 0 spiro atoms. The molecular formula is C23H27N5O2. The SMILES string of the molecule is CCc1ccc(C2c3c(nc(N4CCCCC4CC)[nH]c3=O)NC(=O)C2C#N)cc1. The summed E-state index contributed by atoms with van der Waals surface area (Å²) < 4.78 is 0. The van der Waals surface area contributed by atoms with Crippen LogP contribution in [0.1, 0.15) is 62.1 Å². The predicted molar refractivity (Wildman–Crippen MR) is 116 cm³/mol. The van der Waals surface area contributed by atoms with E-state index in [9.17, 15) is 14.9 Å². The molecule has 1 aromatic heterocycles. The Balaban J connectivity index is 1.81. The minimum absolute atomic E-state index is 0.273. The highest BCUT2D eigenvalue weighted by atomic mass is 16.2. The number of rotatable bonds is 4. The van der Waals surface area contributed by atoms with E-state index in [1.807, 2.05) is 24.3 Å². The van der Waals surface area contributed by atoms with Gasteiger partial charge in [0.05, 0.1) is 11.6 Å². The first kappa shape index (κ1) is 20.1. The van der Waals surface area contributed by atoms with Gasteiger partial charge in [-0.25, -0.2) is 0 Å². The lowest BCUT2D eigenvalue weighted by atomic mass is 9.79. The fourth-order valence-electron chi connectivity index (χ4n) is 4.66. The number of nitrogens with zero attached hydrogens (tertiary/aromatic N) is 3. The van der Waals surface area contributed by atoms with Crippen LogP contribution in [-0.4, -0.2) is 28.5 Å². The summed E-state index contributed by atoms with van der Waals surface area (Å²) in [5, 5.41) is 12.4. The molecule has 0 aliphatic carbocycles. The van der Waals surface area contributed by atoms with Crippen molar-refractivity contribution in [2.75, 3.05) is 16.8 Å². The number of carbonyl (C=O) groups is 1. The largest absolute Gasteiger partial charge is 0.339 e. The average molecular weight is 406 g/mol. The molecule has 0 saturated carbocycles. The predicted octanol–water partition coefficient (Wildman–Crippen LogP) is 3.32. The first-order valence-electron chi connectivity index (χ1n) is 10.8. The molecule has 2 aliphatic heterocycles. The van der Waals surface area contributed by atoms with Crippen LogP contribution in [0.2, 0.25) is 0 Å². The molecule has 0 bridgehead atoms. The first-order valence-corrected chi connectivity index (χ1v) is 10.8. The summed E-state index contributed by atoms with van der Waals surface area (Å²) >= 11 is 0. The Morgan fingerprint density at radius 2 is 1.97 bits per heavy atom. The summed E-state index contributed by atoms with van der Waals surface area (Å²) in [5.74, 6) is -1.25. The molecule has 2 aromatic rings. The van der Waals surface area contributed by atoms with Crippen LogP contribution in [0, 0.1) is 17.2 Å². The zero-order chi connectivity index (χ0) is 21.3. The number of carbonyl (C=O) groups excluding carboxylic acids is 1. The van der Waals surface area contributed by atoms with Crippen LogP contribution in [0.4, 0.5) is 11.8 Å². The Bertz CT molecular complexity index is 1040. The van der Waals surface area contributed by atoms with Crippen LogP contribution >= 0.6 is 0 Å². The molecule has 1 saturated heterocycles. The molecule has 1 fully saturated rings. The van der Waals surface area contributed by atoms with Crippen LogP contribution in [-0.2, 0) is 11.2 Å². The molecule has 3 unspecified atom stereocenters. The second-order valence-corrected chi connectivity index (χ2v) is 8.07. The van der Waals surface area contributed by atoms with Gasteiger partial charge < -0.3 is 10.2 Å². The van der Waals surface area contributed by atoms with Crippen molar-refractivity contribution < 1.29 is 4.79 Å². The van der Waals surface area contributed by atoms with Crippen molar-refractivity contribution in [2.45, 2.75) is 57.9 Å². The molecule has 4 rings (SSSR count). The number of amides is 1. The summed E-state index contributed by atoms with van der Waals surface area (Å²) in [4.78, 5) is 35.7. The molecule has 3 atom stereocenters. The highest BCUT2D eigenvalue weighted by Crippen LogP contribution is 2.38. The standard InChI is InChI=1S/C23H27N5O2/c1-3-14-8-10-15(11-9-14)18-17(13-24)21(29)25-20-19(18)22(30)27-23(26-20)28-12-6-5-7-16(28)4-2/h8-11,16-18H,3-7,12H2,1-2H3,(H2,25,26,27,29,30). The van der Waals surface area contributed by atoms with E-state index in [2.05, 4.69) is 40.1 Å². The molecule has 30 heavy (non-hydrogen) atoms. The number of aromatic nitrogens is 2. The van der Waals surface area contributed by atoms with Crippen LogP contribution in [0.3, 0.4) is 0 Å². The molecule has 2 N–H and O–H groups in total. The Morgan fingerprint density at radius 3 is 2.63 bits per heavy atom. The van der Waals surface area contributed by atoms with Crippen LogP contribution in [0.15, 0.2) is 29.1 Å². The van der Waals surface area contributed by atoms with Gasteiger partial charge in [-0.3, -0.25) is 14.6 Å². The average Bonchev–Trinajstić information content (AvgIpc) is 2.78. The van der Waals surface area contributed by atoms with Gasteiger partial charge in [0, 0.05) is 18.5 Å². The highest BCUT2D eigenvalue weighted by molar-refractivity contribution is 5.98. The Morgan fingerprint density at radius 1 is 1.20 bits per heavy atom. The molecule has 7 heteroatoms. The Kier molecular flexibility index (Phi) is 5.58. The zero-order valence-corrected chi connectivity index (χ0v) is 17.4. The minimum Gasteiger partial charge on any atom is -0.339 e. The van der Waals surface area contributed by atoms with E-state index in [0.29, 0.717) is 17.6 Å². The summed E-state index contributed by atoms with van der Waals surface area (Å²) in [7, 11) is 0. The van der Waals surface area contributed by atoms with Crippen LogP contribution in [0.25, 0.3) is 0 Å². The summed E-state index contributed by atoms with van der Waals surface area (Å²) in [5.41, 5.74) is 2.00. The van der Waals surface area contributed by atoms with Crippen molar-refractivity contribution in [3.8, 4) is 6.07 Å². The summed E-state index contributed by atoms with van der Waals surface area (Å²) in [6, 6.07) is 10.2. The normalized spacial score (nSPS) is 23.4. The van der Waals surface area contributed by atoms with Crippen molar-refractivity contribution in [1.29, 1.82) is 5.26 Å². The number of aromatic amines is 1. The van der Waals surface area contributed by atoms with Gasteiger partial charge >= 0.3 is 0 Å². The number of piperidine rings is 1. The van der Waals surface area contributed by atoms with E-state index >= 15 is 0 Å². The van der Waals surface area contributed by atoms with Gasteiger partial charge in [-0.05, 0) is 43.2 Å². The second-order valence-electron chi connectivity index (χ2n) is 8.07. The van der Waals surface area contributed by atoms with E-state index in [4.69, 9.17) is 0 Å². The topological polar surface area (TPSA) is 102 Å². The number of nitriles is 1. The molecule has 3 heterocycles. The first-order chi connectivity index (χ1) is 14.6. The molecular weight excluding hydrogens is 378 g/mol. The van der Waals surface area contributed by atoms with Crippen molar-refractivity contribution >= 4 is 17.7 Å². The molecule has 0 radical (unpaired) electrons. The third-order valence-corrected chi connectivity index (χ3v) is 6.37. The smallest absolute Gasteiger partial charge is 0.258 e. The van der Waals surface area contributed by atoms with Gasteiger partial charge in [-0.15, -0.1) is 0 Å².